The molecule has 0 aliphatic heterocycles. The first-order valence-corrected chi connectivity index (χ1v) is 8.21. The molecule has 0 heterocycles. The van der Waals surface area contributed by atoms with Crippen LogP contribution in [0.15, 0.2) is 22.7 Å². The molecular weight excluding hydrogens is 317 g/mol. The van der Waals surface area contributed by atoms with Crippen molar-refractivity contribution in [2.75, 3.05) is 6.54 Å². The summed E-state index contributed by atoms with van der Waals surface area (Å²) in [5.74, 6) is 0.416. The lowest BCUT2D eigenvalue weighted by molar-refractivity contribution is 0.275. The smallest absolute Gasteiger partial charge is 0.142 e. The van der Waals surface area contributed by atoms with Gasteiger partial charge in [-0.15, -0.1) is 0 Å². The molecular formula is C17H27BrFN. The fraction of sp³-hybridized carbons (Fsp3) is 0.647. The highest BCUT2D eigenvalue weighted by Gasteiger charge is 2.22. The Hall–Kier alpha value is -0.410. The van der Waals surface area contributed by atoms with Gasteiger partial charge in [-0.3, -0.25) is 0 Å². The van der Waals surface area contributed by atoms with E-state index in [1.165, 1.54) is 0 Å². The maximum absolute atomic E-state index is 14.3. The van der Waals surface area contributed by atoms with E-state index in [-0.39, 0.29) is 11.9 Å². The summed E-state index contributed by atoms with van der Waals surface area (Å²) in [6.07, 6.45) is 2.10. The highest BCUT2D eigenvalue weighted by atomic mass is 79.9. The molecule has 0 aromatic heterocycles. The number of hydrogen-bond donors (Lipinski definition) is 1. The largest absolute Gasteiger partial charge is 0.310 e. The predicted octanol–water partition coefficient (Wildman–Crippen LogP) is 5.70. The van der Waals surface area contributed by atoms with Gasteiger partial charge in [0.25, 0.3) is 0 Å². The average molecular weight is 344 g/mol. The highest BCUT2D eigenvalue weighted by molar-refractivity contribution is 9.10. The first-order valence-electron chi connectivity index (χ1n) is 7.42. The SMILES string of the molecule is CCNC(CC(C)CC(C)(C)C)c1cccc(Br)c1F. The van der Waals surface area contributed by atoms with Crippen LogP contribution < -0.4 is 5.32 Å². The third kappa shape index (κ3) is 5.53. The van der Waals surface area contributed by atoms with Crippen molar-refractivity contribution in [3.8, 4) is 0 Å². The van der Waals surface area contributed by atoms with Crippen LogP contribution in [0.25, 0.3) is 0 Å². The van der Waals surface area contributed by atoms with Gasteiger partial charge >= 0.3 is 0 Å². The van der Waals surface area contributed by atoms with Crippen molar-refractivity contribution >= 4 is 15.9 Å². The topological polar surface area (TPSA) is 12.0 Å². The van der Waals surface area contributed by atoms with Crippen molar-refractivity contribution in [1.29, 1.82) is 0 Å². The maximum atomic E-state index is 14.3. The number of nitrogens with one attached hydrogen (secondary N) is 1. The second-order valence-electron chi connectivity index (χ2n) is 6.86. The molecule has 0 radical (unpaired) electrons. The molecule has 0 aliphatic rings. The van der Waals surface area contributed by atoms with E-state index in [1.54, 1.807) is 6.07 Å². The minimum atomic E-state index is -0.138. The molecule has 0 saturated carbocycles. The van der Waals surface area contributed by atoms with Crippen molar-refractivity contribution in [1.82, 2.24) is 5.32 Å². The summed E-state index contributed by atoms with van der Waals surface area (Å²) in [4.78, 5) is 0. The Labute approximate surface area is 131 Å². The molecule has 1 aromatic carbocycles. The van der Waals surface area contributed by atoms with Crippen LogP contribution in [0.4, 0.5) is 4.39 Å². The fourth-order valence-corrected chi connectivity index (χ4v) is 3.27. The van der Waals surface area contributed by atoms with E-state index in [4.69, 9.17) is 0 Å². The third-order valence-corrected chi connectivity index (χ3v) is 4.02. The Morgan fingerprint density at radius 1 is 1.30 bits per heavy atom. The van der Waals surface area contributed by atoms with E-state index < -0.39 is 0 Å². The Bertz CT molecular complexity index is 425. The molecule has 0 spiro atoms. The van der Waals surface area contributed by atoms with Gasteiger partial charge in [0, 0.05) is 11.6 Å². The molecule has 0 fully saturated rings. The first kappa shape index (κ1) is 17.6. The van der Waals surface area contributed by atoms with Gasteiger partial charge in [0.15, 0.2) is 0 Å². The molecule has 114 valence electrons. The summed E-state index contributed by atoms with van der Waals surface area (Å²) in [5, 5.41) is 3.42. The minimum Gasteiger partial charge on any atom is -0.310 e. The van der Waals surface area contributed by atoms with Crippen molar-refractivity contribution in [2.45, 2.75) is 53.5 Å². The van der Waals surface area contributed by atoms with Gasteiger partial charge in [0.2, 0.25) is 0 Å². The van der Waals surface area contributed by atoms with Gasteiger partial charge < -0.3 is 5.32 Å². The molecule has 2 atom stereocenters. The maximum Gasteiger partial charge on any atom is 0.142 e. The van der Waals surface area contributed by atoms with Crippen LogP contribution in [-0.2, 0) is 0 Å². The van der Waals surface area contributed by atoms with E-state index >= 15 is 0 Å². The molecule has 1 rings (SSSR count). The molecule has 1 N–H and O–H groups in total. The van der Waals surface area contributed by atoms with Crippen molar-refractivity contribution in [3.63, 3.8) is 0 Å². The fourth-order valence-electron chi connectivity index (χ4n) is 2.89. The van der Waals surface area contributed by atoms with Crippen LogP contribution in [0.1, 0.15) is 59.1 Å². The molecule has 2 unspecified atom stereocenters. The molecule has 0 saturated heterocycles. The van der Waals surface area contributed by atoms with Gasteiger partial charge in [-0.05, 0) is 52.7 Å². The summed E-state index contributed by atoms with van der Waals surface area (Å²) in [6.45, 7) is 11.9. The predicted molar refractivity (Wildman–Crippen MR) is 88.4 cm³/mol. The molecule has 0 aliphatic carbocycles. The second-order valence-corrected chi connectivity index (χ2v) is 7.71. The monoisotopic (exact) mass is 343 g/mol. The number of halogens is 2. The van der Waals surface area contributed by atoms with Crippen LogP contribution in [0.3, 0.4) is 0 Å². The van der Waals surface area contributed by atoms with E-state index in [0.717, 1.165) is 24.9 Å². The van der Waals surface area contributed by atoms with Crippen molar-refractivity contribution < 1.29 is 4.39 Å². The Balaban J connectivity index is 2.86. The molecule has 1 aromatic rings. The highest BCUT2D eigenvalue weighted by Crippen LogP contribution is 2.32. The lowest BCUT2D eigenvalue weighted by atomic mass is 9.82. The number of hydrogen-bond acceptors (Lipinski definition) is 1. The van der Waals surface area contributed by atoms with E-state index in [1.807, 2.05) is 12.1 Å². The zero-order valence-corrected chi connectivity index (χ0v) is 14.8. The zero-order chi connectivity index (χ0) is 15.3. The molecule has 0 amide bonds. The summed E-state index contributed by atoms with van der Waals surface area (Å²) in [7, 11) is 0. The van der Waals surface area contributed by atoms with Crippen LogP contribution in [0, 0.1) is 17.2 Å². The van der Waals surface area contributed by atoms with E-state index in [2.05, 4.69) is 55.9 Å². The average Bonchev–Trinajstić information content (AvgIpc) is 2.30. The molecule has 1 nitrogen and oxygen atoms in total. The third-order valence-electron chi connectivity index (χ3n) is 3.41. The lowest BCUT2D eigenvalue weighted by Crippen LogP contribution is -2.25. The summed E-state index contributed by atoms with van der Waals surface area (Å²) >= 11 is 3.28. The normalized spacial score (nSPS) is 15.2. The zero-order valence-electron chi connectivity index (χ0n) is 13.3. The summed E-state index contributed by atoms with van der Waals surface area (Å²) < 4.78 is 14.8. The van der Waals surface area contributed by atoms with Crippen LogP contribution in [-0.4, -0.2) is 6.54 Å². The minimum absolute atomic E-state index is 0.0786. The second kappa shape index (κ2) is 7.56. The van der Waals surface area contributed by atoms with Gasteiger partial charge in [-0.1, -0.05) is 46.8 Å². The number of rotatable bonds is 6. The van der Waals surface area contributed by atoms with Gasteiger partial charge in [-0.25, -0.2) is 4.39 Å². The Morgan fingerprint density at radius 2 is 1.95 bits per heavy atom. The summed E-state index contributed by atoms with van der Waals surface area (Å²) in [6, 6.07) is 5.62. The number of benzene rings is 1. The summed E-state index contributed by atoms with van der Waals surface area (Å²) in [5.41, 5.74) is 1.08. The Morgan fingerprint density at radius 3 is 2.50 bits per heavy atom. The van der Waals surface area contributed by atoms with Crippen LogP contribution in [0.2, 0.25) is 0 Å². The standard InChI is InChI=1S/C17H27BrFN/c1-6-20-15(10-12(2)11-17(3,4)5)13-8-7-9-14(18)16(13)19/h7-9,12,15,20H,6,10-11H2,1-5H3. The van der Waals surface area contributed by atoms with Crippen LogP contribution >= 0.6 is 15.9 Å². The Kier molecular flexibility index (Phi) is 6.67. The first-order chi connectivity index (χ1) is 9.24. The van der Waals surface area contributed by atoms with Gasteiger partial charge in [0.05, 0.1) is 4.47 Å². The quantitative estimate of drug-likeness (QED) is 0.698. The van der Waals surface area contributed by atoms with E-state index in [0.29, 0.717) is 15.8 Å². The van der Waals surface area contributed by atoms with Crippen LogP contribution in [0.5, 0.6) is 0 Å². The molecule has 0 bridgehead atoms. The van der Waals surface area contributed by atoms with E-state index in [9.17, 15) is 4.39 Å². The lowest BCUT2D eigenvalue weighted by Gasteiger charge is -2.27. The molecule has 20 heavy (non-hydrogen) atoms. The van der Waals surface area contributed by atoms with Gasteiger partial charge in [0.1, 0.15) is 5.82 Å². The van der Waals surface area contributed by atoms with Crippen molar-refractivity contribution in [2.24, 2.45) is 11.3 Å². The van der Waals surface area contributed by atoms with Gasteiger partial charge in [-0.2, -0.15) is 0 Å². The molecule has 3 heteroatoms. The van der Waals surface area contributed by atoms with Crippen molar-refractivity contribution in [3.05, 3.63) is 34.1 Å².